The van der Waals surface area contributed by atoms with E-state index in [9.17, 15) is 0 Å². The van der Waals surface area contributed by atoms with Crippen molar-refractivity contribution in [3.63, 3.8) is 0 Å². The standard InChI is InChI=1S/C26H40Cl2O2/c1-2-26(30-22-14-8-4-6-12-20-28)18-17-25(23-15-9-10-16-24(23)26)29-21-13-7-3-5-11-19-27/h9-10,15-17H,2-8,11-14,18-22H2,1H3. The molecule has 0 saturated heterocycles. The molecule has 170 valence electrons. The Balaban J connectivity index is 1.87. The van der Waals surface area contributed by atoms with Gasteiger partial charge in [-0.05, 0) is 43.7 Å². The van der Waals surface area contributed by atoms with Crippen LogP contribution >= 0.6 is 23.2 Å². The van der Waals surface area contributed by atoms with Crippen LogP contribution in [0.4, 0.5) is 0 Å². The summed E-state index contributed by atoms with van der Waals surface area (Å²) in [4.78, 5) is 0. The van der Waals surface area contributed by atoms with Crippen LogP contribution in [0.1, 0.15) is 95.1 Å². The number of hydrogen-bond donors (Lipinski definition) is 0. The predicted octanol–water partition coefficient (Wildman–Crippen LogP) is 8.45. The highest BCUT2D eigenvalue weighted by Gasteiger charge is 2.36. The average Bonchev–Trinajstić information content (AvgIpc) is 2.78. The molecule has 0 N–H and O–H groups in total. The molecular weight excluding hydrogens is 415 g/mol. The van der Waals surface area contributed by atoms with Crippen LogP contribution in [0.15, 0.2) is 30.3 Å². The van der Waals surface area contributed by atoms with Gasteiger partial charge >= 0.3 is 0 Å². The molecule has 0 amide bonds. The second kappa shape index (κ2) is 15.2. The number of fused-ring (bicyclic) bond motifs is 1. The maximum atomic E-state index is 6.54. The van der Waals surface area contributed by atoms with Crippen molar-refractivity contribution >= 4 is 29.0 Å². The second-order valence-corrected chi connectivity index (χ2v) is 9.03. The van der Waals surface area contributed by atoms with Crippen LogP contribution in [0.25, 0.3) is 5.76 Å². The van der Waals surface area contributed by atoms with Gasteiger partial charge in [0.2, 0.25) is 0 Å². The molecule has 2 nitrogen and oxygen atoms in total. The van der Waals surface area contributed by atoms with Crippen molar-refractivity contribution in [1.82, 2.24) is 0 Å². The summed E-state index contributed by atoms with van der Waals surface area (Å²) in [5, 5.41) is 0. The van der Waals surface area contributed by atoms with Crippen molar-refractivity contribution in [3.8, 4) is 0 Å². The molecule has 1 aromatic carbocycles. The van der Waals surface area contributed by atoms with Crippen molar-refractivity contribution in [2.24, 2.45) is 0 Å². The SMILES string of the molecule is CCC1(OCCCCCCCCl)CC=C(OCCCCCCCCl)c2ccccc21. The van der Waals surface area contributed by atoms with Crippen molar-refractivity contribution in [2.75, 3.05) is 25.0 Å². The second-order valence-electron chi connectivity index (χ2n) is 8.28. The number of hydrogen-bond acceptors (Lipinski definition) is 2. The van der Waals surface area contributed by atoms with E-state index >= 15 is 0 Å². The molecule has 1 atom stereocenters. The van der Waals surface area contributed by atoms with Gasteiger partial charge in [0.15, 0.2) is 0 Å². The summed E-state index contributed by atoms with van der Waals surface area (Å²) in [6.45, 7) is 3.83. The van der Waals surface area contributed by atoms with Gasteiger partial charge in [-0.25, -0.2) is 0 Å². The first kappa shape index (κ1) is 25.6. The van der Waals surface area contributed by atoms with E-state index in [2.05, 4.69) is 37.3 Å². The van der Waals surface area contributed by atoms with Crippen LogP contribution in [-0.2, 0) is 15.1 Å². The summed E-state index contributed by atoms with van der Waals surface area (Å²) in [5.74, 6) is 2.58. The Morgan fingerprint density at radius 3 is 2.07 bits per heavy atom. The molecule has 0 spiro atoms. The Labute approximate surface area is 194 Å². The van der Waals surface area contributed by atoms with Crippen LogP contribution < -0.4 is 0 Å². The topological polar surface area (TPSA) is 18.5 Å². The quantitative estimate of drug-likeness (QED) is 0.173. The van der Waals surface area contributed by atoms with Gasteiger partial charge in [-0.3, -0.25) is 0 Å². The van der Waals surface area contributed by atoms with E-state index in [0.717, 1.165) is 69.3 Å². The van der Waals surface area contributed by atoms with Gasteiger partial charge in [0, 0.05) is 30.4 Å². The van der Waals surface area contributed by atoms with E-state index < -0.39 is 0 Å². The highest BCUT2D eigenvalue weighted by atomic mass is 35.5. The summed E-state index contributed by atoms with van der Waals surface area (Å²) in [7, 11) is 0. The number of rotatable bonds is 17. The molecule has 0 bridgehead atoms. The zero-order valence-corrected chi connectivity index (χ0v) is 20.3. The van der Waals surface area contributed by atoms with E-state index in [-0.39, 0.29) is 5.60 Å². The zero-order chi connectivity index (χ0) is 21.5. The van der Waals surface area contributed by atoms with Crippen LogP contribution in [0, 0.1) is 0 Å². The lowest BCUT2D eigenvalue weighted by molar-refractivity contribution is -0.0553. The third kappa shape index (κ3) is 8.09. The average molecular weight is 456 g/mol. The van der Waals surface area contributed by atoms with Crippen LogP contribution in [0.5, 0.6) is 0 Å². The molecule has 30 heavy (non-hydrogen) atoms. The van der Waals surface area contributed by atoms with Crippen molar-refractivity contribution < 1.29 is 9.47 Å². The highest BCUT2D eigenvalue weighted by molar-refractivity contribution is 6.18. The molecule has 1 aliphatic rings. The largest absolute Gasteiger partial charge is 0.493 e. The third-order valence-electron chi connectivity index (χ3n) is 6.06. The Morgan fingerprint density at radius 1 is 0.800 bits per heavy atom. The van der Waals surface area contributed by atoms with E-state index in [4.69, 9.17) is 32.7 Å². The maximum Gasteiger partial charge on any atom is 0.123 e. The molecular formula is C26H40Cl2O2. The third-order valence-corrected chi connectivity index (χ3v) is 6.60. The van der Waals surface area contributed by atoms with Crippen molar-refractivity contribution in [3.05, 3.63) is 41.5 Å². The minimum Gasteiger partial charge on any atom is -0.493 e. The van der Waals surface area contributed by atoms with E-state index in [1.54, 1.807) is 0 Å². The fourth-order valence-corrected chi connectivity index (χ4v) is 4.56. The minimum atomic E-state index is -0.221. The summed E-state index contributed by atoms with van der Waals surface area (Å²) in [6, 6.07) is 8.63. The Hall–Kier alpha value is -0.700. The van der Waals surface area contributed by atoms with Gasteiger partial charge in [0.25, 0.3) is 0 Å². The van der Waals surface area contributed by atoms with Gasteiger partial charge in [0.1, 0.15) is 5.76 Å². The number of unbranched alkanes of at least 4 members (excludes halogenated alkanes) is 8. The predicted molar refractivity (Wildman–Crippen MR) is 131 cm³/mol. The summed E-state index contributed by atoms with van der Waals surface area (Å²) < 4.78 is 12.7. The maximum absolute atomic E-state index is 6.54. The van der Waals surface area contributed by atoms with Gasteiger partial charge in [-0.1, -0.05) is 69.7 Å². The molecule has 0 fully saturated rings. The smallest absolute Gasteiger partial charge is 0.123 e. The Kier molecular flexibility index (Phi) is 12.9. The first-order valence-corrected chi connectivity index (χ1v) is 13.0. The molecule has 0 heterocycles. The molecule has 1 unspecified atom stereocenters. The number of benzene rings is 1. The van der Waals surface area contributed by atoms with Gasteiger partial charge < -0.3 is 9.47 Å². The Morgan fingerprint density at radius 2 is 1.40 bits per heavy atom. The van der Waals surface area contributed by atoms with E-state index in [1.807, 2.05) is 0 Å². The first-order valence-electron chi connectivity index (χ1n) is 12.0. The Bertz CT molecular complexity index is 617. The number of ether oxygens (including phenoxy) is 2. The summed E-state index contributed by atoms with van der Waals surface area (Å²) >= 11 is 11.5. The highest BCUT2D eigenvalue weighted by Crippen LogP contribution is 2.43. The van der Waals surface area contributed by atoms with Crippen LogP contribution in [0.3, 0.4) is 0 Å². The molecule has 1 aromatic rings. The lowest BCUT2D eigenvalue weighted by Gasteiger charge is -2.37. The molecule has 2 rings (SSSR count). The fourth-order valence-electron chi connectivity index (χ4n) is 4.19. The first-order chi connectivity index (χ1) is 14.8. The molecule has 1 aliphatic carbocycles. The van der Waals surface area contributed by atoms with Crippen molar-refractivity contribution in [1.29, 1.82) is 0 Å². The normalized spacial score (nSPS) is 18.2. The van der Waals surface area contributed by atoms with Crippen LogP contribution in [-0.4, -0.2) is 25.0 Å². The van der Waals surface area contributed by atoms with Crippen LogP contribution in [0.2, 0.25) is 0 Å². The van der Waals surface area contributed by atoms with E-state index in [0.29, 0.717) is 0 Å². The summed E-state index contributed by atoms with van der Waals surface area (Å²) in [6.07, 6.45) is 15.9. The van der Waals surface area contributed by atoms with Gasteiger partial charge in [-0.2, -0.15) is 0 Å². The lowest BCUT2D eigenvalue weighted by Crippen LogP contribution is -2.32. The molecule has 0 aliphatic heterocycles. The molecule has 0 aromatic heterocycles. The monoisotopic (exact) mass is 454 g/mol. The zero-order valence-electron chi connectivity index (χ0n) is 18.8. The molecule has 4 heteroatoms. The summed E-state index contributed by atoms with van der Waals surface area (Å²) in [5.41, 5.74) is 2.27. The van der Waals surface area contributed by atoms with E-state index in [1.165, 1.54) is 49.7 Å². The fraction of sp³-hybridized carbons (Fsp3) is 0.692. The minimum absolute atomic E-state index is 0.221. The number of alkyl halides is 2. The molecule has 0 radical (unpaired) electrons. The molecule has 0 saturated carbocycles. The number of halogens is 2. The lowest BCUT2D eigenvalue weighted by atomic mass is 9.80. The van der Waals surface area contributed by atoms with Gasteiger partial charge in [0.05, 0.1) is 12.2 Å². The van der Waals surface area contributed by atoms with Gasteiger partial charge in [-0.15, -0.1) is 23.2 Å². The van der Waals surface area contributed by atoms with Crippen molar-refractivity contribution in [2.45, 2.75) is 89.6 Å².